The van der Waals surface area contributed by atoms with Gasteiger partial charge in [-0.25, -0.2) is 4.98 Å². The number of pyridine rings is 1. The number of ether oxygens (including phenoxy) is 1. The first-order valence-corrected chi connectivity index (χ1v) is 22.7. The topological polar surface area (TPSA) is 33.5 Å². The van der Waals surface area contributed by atoms with Crippen molar-refractivity contribution in [3.63, 3.8) is 0 Å². The Kier molecular flexibility index (Phi) is 10.6. The third-order valence-corrected chi connectivity index (χ3v) is 13.0. The highest BCUT2D eigenvalue weighted by atomic mass is 16.5. The van der Waals surface area contributed by atoms with Crippen LogP contribution in [0.3, 0.4) is 0 Å². The molecule has 8 aromatic rings. The number of hydrogen-bond acceptors (Lipinski definition) is 4. The van der Waals surface area contributed by atoms with Crippen LogP contribution >= 0.6 is 0 Å². The van der Waals surface area contributed by atoms with E-state index in [0.717, 1.165) is 39.4 Å². The Hall–Kier alpha value is -6.59. The molecule has 6 aromatic carbocycles. The number of hydrogen-bond donors (Lipinski definition) is 0. The third-order valence-electron chi connectivity index (χ3n) is 13.0. The molecule has 5 nitrogen and oxygen atoms in total. The molecular formula is C59H62N4O. The van der Waals surface area contributed by atoms with E-state index in [9.17, 15) is 0 Å². The van der Waals surface area contributed by atoms with E-state index >= 15 is 0 Å². The van der Waals surface area contributed by atoms with Crippen LogP contribution in [0.4, 0.5) is 11.4 Å². The summed E-state index contributed by atoms with van der Waals surface area (Å²) in [6.45, 7) is 25.9. The Balaban J connectivity index is 1.11. The molecule has 2 aromatic heterocycles. The van der Waals surface area contributed by atoms with Gasteiger partial charge in [-0.2, -0.15) is 0 Å². The number of nitrogens with zero attached hydrogens (tertiary/aromatic N) is 4. The van der Waals surface area contributed by atoms with Gasteiger partial charge in [-0.05, 0) is 98.8 Å². The van der Waals surface area contributed by atoms with E-state index < -0.39 is 0 Å². The van der Waals surface area contributed by atoms with Gasteiger partial charge in [0.1, 0.15) is 17.3 Å². The average Bonchev–Trinajstić information content (AvgIpc) is 3.87. The summed E-state index contributed by atoms with van der Waals surface area (Å²) in [6.07, 6.45) is 4.29. The van der Waals surface area contributed by atoms with Crippen LogP contribution in [0.2, 0.25) is 0 Å². The van der Waals surface area contributed by atoms with Crippen molar-refractivity contribution in [1.82, 2.24) is 9.55 Å². The van der Waals surface area contributed by atoms with Crippen LogP contribution in [0.25, 0.3) is 38.8 Å². The second-order valence-electron chi connectivity index (χ2n) is 21.2. The van der Waals surface area contributed by atoms with Crippen molar-refractivity contribution in [2.24, 2.45) is 5.41 Å². The van der Waals surface area contributed by atoms with Crippen LogP contribution in [0.1, 0.15) is 98.4 Å². The van der Waals surface area contributed by atoms with Crippen molar-refractivity contribution in [2.75, 3.05) is 16.5 Å². The maximum atomic E-state index is 6.97. The monoisotopic (exact) mass is 842 g/mol. The largest absolute Gasteiger partial charge is 0.457 e. The average molecular weight is 843 g/mol. The predicted octanol–water partition coefficient (Wildman–Crippen LogP) is 15.7. The standard InChI is InChI=1S/C59H62N4O/c1-56(2,3)44-30-41(40-20-14-12-15-21-40)31-47(33-44)62-39-61(38-54(62)58(7,8)9)46-32-45(57(4,5)6)34-49(36-46)64-48-26-27-51-50-24-18-19-25-52(50)63(53(51)37-48)55-35-43(28-29-60-55)59(10,11)42-22-16-13-17-23-42/h12-38H,39H2,1-11H3. The van der Waals surface area contributed by atoms with Crippen LogP contribution in [0.15, 0.2) is 170 Å². The van der Waals surface area contributed by atoms with Crippen LogP contribution in [-0.4, -0.2) is 16.2 Å². The molecule has 0 aliphatic carbocycles. The van der Waals surface area contributed by atoms with Crippen molar-refractivity contribution in [1.29, 1.82) is 0 Å². The summed E-state index contributed by atoms with van der Waals surface area (Å²) < 4.78 is 9.26. The second kappa shape index (κ2) is 15.9. The summed E-state index contributed by atoms with van der Waals surface area (Å²) in [7, 11) is 0. The van der Waals surface area contributed by atoms with Crippen LogP contribution in [-0.2, 0) is 16.2 Å². The number of para-hydroxylation sites is 1. The zero-order chi connectivity index (χ0) is 45.2. The van der Waals surface area contributed by atoms with E-state index in [-0.39, 0.29) is 21.7 Å². The van der Waals surface area contributed by atoms with Gasteiger partial charge in [0.25, 0.3) is 0 Å². The lowest BCUT2D eigenvalue weighted by atomic mass is 9.78. The molecule has 9 rings (SSSR count). The zero-order valence-electron chi connectivity index (χ0n) is 39.5. The Bertz CT molecular complexity index is 3030. The van der Waals surface area contributed by atoms with Gasteiger partial charge in [-0.3, -0.25) is 4.57 Å². The number of benzene rings is 6. The minimum absolute atomic E-state index is 0.0188. The molecule has 64 heavy (non-hydrogen) atoms. The van der Waals surface area contributed by atoms with Gasteiger partial charge in [0.2, 0.25) is 0 Å². The first-order valence-electron chi connectivity index (χ1n) is 22.7. The molecule has 0 radical (unpaired) electrons. The predicted molar refractivity (Wildman–Crippen MR) is 270 cm³/mol. The van der Waals surface area contributed by atoms with Gasteiger partial charge >= 0.3 is 0 Å². The van der Waals surface area contributed by atoms with Crippen LogP contribution in [0, 0.1) is 5.41 Å². The number of aromatic nitrogens is 2. The summed E-state index contributed by atoms with van der Waals surface area (Å²) in [6, 6.07) is 54.8. The molecule has 0 amide bonds. The molecule has 0 N–H and O–H groups in total. The Morgan fingerprint density at radius 2 is 1.11 bits per heavy atom. The molecule has 0 saturated heterocycles. The van der Waals surface area contributed by atoms with Crippen LogP contribution < -0.4 is 14.5 Å². The maximum absolute atomic E-state index is 6.97. The van der Waals surface area contributed by atoms with Crippen molar-refractivity contribution >= 4 is 33.2 Å². The molecule has 324 valence electrons. The first kappa shape index (κ1) is 42.7. The van der Waals surface area contributed by atoms with Gasteiger partial charge in [0.15, 0.2) is 0 Å². The van der Waals surface area contributed by atoms with E-state index in [1.807, 2.05) is 6.20 Å². The smallest absolute Gasteiger partial charge is 0.137 e. The molecule has 0 atom stereocenters. The van der Waals surface area contributed by atoms with Gasteiger partial charge < -0.3 is 14.5 Å². The quantitative estimate of drug-likeness (QED) is 0.153. The van der Waals surface area contributed by atoms with E-state index in [1.54, 1.807) is 0 Å². The molecule has 5 heteroatoms. The Morgan fingerprint density at radius 3 is 1.81 bits per heavy atom. The summed E-state index contributed by atoms with van der Waals surface area (Å²) in [4.78, 5) is 9.89. The first-order chi connectivity index (χ1) is 30.3. The molecular weight excluding hydrogens is 781 g/mol. The highest BCUT2D eigenvalue weighted by molar-refractivity contribution is 6.09. The third kappa shape index (κ3) is 8.20. The molecule has 0 unspecified atom stereocenters. The SMILES string of the molecule is CC(C)(C)C1=CN(c2cc(Oc3ccc4c5ccccc5n(-c5cc(C(C)(C)c6ccccc6)ccn5)c4c3)cc(C(C)(C)C)c2)CN1c1cc(-c2ccccc2)cc(C(C)(C)C)c1. The zero-order valence-corrected chi connectivity index (χ0v) is 39.5. The van der Waals surface area contributed by atoms with E-state index in [1.165, 1.54) is 50.2 Å². The normalized spacial score (nSPS) is 13.8. The van der Waals surface area contributed by atoms with E-state index in [4.69, 9.17) is 9.72 Å². The number of anilines is 2. The lowest BCUT2D eigenvalue weighted by Gasteiger charge is -2.32. The summed E-state index contributed by atoms with van der Waals surface area (Å²) in [5.74, 6) is 2.46. The van der Waals surface area contributed by atoms with Gasteiger partial charge in [0, 0.05) is 63.2 Å². The molecule has 0 bridgehead atoms. The molecule has 1 aliphatic heterocycles. The summed E-state index contributed by atoms with van der Waals surface area (Å²) in [5.41, 5.74) is 12.7. The summed E-state index contributed by atoms with van der Waals surface area (Å²) in [5, 5.41) is 2.34. The van der Waals surface area contributed by atoms with Crippen molar-refractivity contribution in [3.8, 4) is 28.4 Å². The number of rotatable bonds is 8. The van der Waals surface area contributed by atoms with E-state index in [0.29, 0.717) is 6.67 Å². The minimum atomic E-state index is -0.210. The van der Waals surface area contributed by atoms with Crippen molar-refractivity contribution in [3.05, 3.63) is 192 Å². The fourth-order valence-corrected chi connectivity index (χ4v) is 9.05. The van der Waals surface area contributed by atoms with Gasteiger partial charge in [-0.15, -0.1) is 0 Å². The number of fused-ring (bicyclic) bond motifs is 3. The molecule has 0 spiro atoms. The Labute approximate surface area is 380 Å². The van der Waals surface area contributed by atoms with Crippen molar-refractivity contribution in [2.45, 2.75) is 92.4 Å². The summed E-state index contributed by atoms with van der Waals surface area (Å²) >= 11 is 0. The minimum Gasteiger partial charge on any atom is -0.457 e. The van der Waals surface area contributed by atoms with E-state index in [2.05, 4.69) is 248 Å². The molecule has 3 heterocycles. The second-order valence-corrected chi connectivity index (χ2v) is 21.2. The fraction of sp³-hybridized carbons (Fsp3) is 0.271. The van der Waals surface area contributed by atoms with Crippen LogP contribution in [0.5, 0.6) is 11.5 Å². The Morgan fingerprint density at radius 1 is 0.469 bits per heavy atom. The fourth-order valence-electron chi connectivity index (χ4n) is 9.05. The number of allylic oxidation sites excluding steroid dienone is 1. The highest BCUT2D eigenvalue weighted by Crippen LogP contribution is 2.44. The maximum Gasteiger partial charge on any atom is 0.137 e. The lowest BCUT2D eigenvalue weighted by molar-refractivity contribution is 0.479. The lowest BCUT2D eigenvalue weighted by Crippen LogP contribution is -2.31. The van der Waals surface area contributed by atoms with Crippen molar-refractivity contribution < 1.29 is 4.74 Å². The van der Waals surface area contributed by atoms with Gasteiger partial charge in [-0.1, -0.05) is 161 Å². The molecule has 0 fully saturated rings. The van der Waals surface area contributed by atoms with Gasteiger partial charge in [0.05, 0.1) is 17.7 Å². The highest BCUT2D eigenvalue weighted by Gasteiger charge is 2.33. The molecule has 1 aliphatic rings. The molecule has 0 saturated carbocycles.